The third-order valence-electron chi connectivity index (χ3n) is 3.11. The Hall–Kier alpha value is -1.40. The van der Waals surface area contributed by atoms with Crippen LogP contribution in [0.15, 0.2) is 6.07 Å². The molecular formula is C16H25N3. The van der Waals surface area contributed by atoms with Crippen LogP contribution < -0.4 is 5.32 Å². The summed E-state index contributed by atoms with van der Waals surface area (Å²) < 4.78 is 0. The molecule has 0 aliphatic carbocycles. The molecule has 0 fully saturated rings. The number of aromatic nitrogens is 2. The van der Waals surface area contributed by atoms with Crippen molar-refractivity contribution in [3.8, 4) is 11.8 Å². The third kappa shape index (κ3) is 5.00. The van der Waals surface area contributed by atoms with Crippen molar-refractivity contribution in [2.45, 2.75) is 59.4 Å². The van der Waals surface area contributed by atoms with E-state index in [0.29, 0.717) is 6.04 Å². The molecule has 1 aromatic heterocycles. The maximum absolute atomic E-state index is 4.33. The van der Waals surface area contributed by atoms with E-state index in [2.05, 4.69) is 47.3 Å². The molecule has 0 aliphatic rings. The monoisotopic (exact) mass is 259 g/mol. The molecule has 0 amide bonds. The molecule has 0 saturated carbocycles. The first-order chi connectivity index (χ1) is 9.22. The summed E-state index contributed by atoms with van der Waals surface area (Å²) in [5.41, 5.74) is 3.38. The van der Waals surface area contributed by atoms with E-state index in [9.17, 15) is 0 Å². The van der Waals surface area contributed by atoms with Gasteiger partial charge in [-0.2, -0.15) is 10.2 Å². The van der Waals surface area contributed by atoms with Gasteiger partial charge in [0, 0.05) is 12.5 Å². The summed E-state index contributed by atoms with van der Waals surface area (Å²) in [7, 11) is 0. The Kier molecular flexibility index (Phi) is 7.14. The number of nitrogens with one attached hydrogen (secondary N) is 1. The molecule has 0 radical (unpaired) electrons. The van der Waals surface area contributed by atoms with E-state index >= 15 is 0 Å². The van der Waals surface area contributed by atoms with Crippen LogP contribution in [0.4, 0.5) is 0 Å². The van der Waals surface area contributed by atoms with Crippen molar-refractivity contribution >= 4 is 0 Å². The summed E-state index contributed by atoms with van der Waals surface area (Å²) in [6, 6.07) is 2.50. The lowest BCUT2D eigenvalue weighted by Crippen LogP contribution is -2.24. The molecule has 1 aromatic rings. The van der Waals surface area contributed by atoms with Crippen LogP contribution in [0.25, 0.3) is 0 Å². The van der Waals surface area contributed by atoms with Crippen molar-refractivity contribution in [3.63, 3.8) is 0 Å². The minimum atomic E-state index is 0.338. The second-order valence-corrected chi connectivity index (χ2v) is 4.71. The molecule has 0 spiro atoms. The van der Waals surface area contributed by atoms with Crippen LogP contribution >= 0.6 is 0 Å². The van der Waals surface area contributed by atoms with Gasteiger partial charge in [0.2, 0.25) is 0 Å². The molecule has 0 bridgehead atoms. The van der Waals surface area contributed by atoms with Gasteiger partial charge in [-0.05, 0) is 51.3 Å². The lowest BCUT2D eigenvalue weighted by atomic mass is 9.99. The number of rotatable bonds is 7. The number of nitrogens with zero attached hydrogens (tertiary/aromatic N) is 2. The van der Waals surface area contributed by atoms with Crippen molar-refractivity contribution in [2.75, 3.05) is 6.54 Å². The van der Waals surface area contributed by atoms with Gasteiger partial charge in [-0.1, -0.05) is 13.8 Å². The maximum atomic E-state index is 4.33. The van der Waals surface area contributed by atoms with E-state index < -0.39 is 0 Å². The summed E-state index contributed by atoms with van der Waals surface area (Å²) in [6.45, 7) is 9.23. The topological polar surface area (TPSA) is 37.8 Å². The van der Waals surface area contributed by atoms with Gasteiger partial charge in [-0.3, -0.25) is 0 Å². The molecule has 0 saturated heterocycles. The van der Waals surface area contributed by atoms with Gasteiger partial charge >= 0.3 is 0 Å². The maximum Gasteiger partial charge on any atom is 0.0676 e. The molecule has 1 N–H and O–H groups in total. The number of aryl methyl sites for hydroxylation is 2. The molecule has 1 rings (SSSR count). The van der Waals surface area contributed by atoms with Crippen molar-refractivity contribution in [1.29, 1.82) is 0 Å². The standard InChI is InChI=1S/C16H25N3/c1-5-8-9-10-16(17-11-6-2)14-12-13(4)18-19-15(14)7-3/h12,16-17H,6-7,9-11H2,1-4H3. The highest BCUT2D eigenvalue weighted by atomic mass is 15.1. The largest absolute Gasteiger partial charge is 0.310 e. The van der Waals surface area contributed by atoms with E-state index in [1.165, 1.54) is 5.56 Å². The molecule has 1 atom stereocenters. The molecule has 104 valence electrons. The Balaban J connectivity index is 2.92. The van der Waals surface area contributed by atoms with Crippen molar-refractivity contribution in [3.05, 3.63) is 23.0 Å². The van der Waals surface area contributed by atoms with E-state index in [1.807, 2.05) is 13.8 Å². The zero-order chi connectivity index (χ0) is 14.1. The second-order valence-electron chi connectivity index (χ2n) is 4.71. The Morgan fingerprint density at radius 1 is 1.32 bits per heavy atom. The fourth-order valence-corrected chi connectivity index (χ4v) is 2.14. The highest BCUT2D eigenvalue weighted by Gasteiger charge is 2.15. The molecule has 3 nitrogen and oxygen atoms in total. The molecule has 0 aliphatic heterocycles. The van der Waals surface area contributed by atoms with Gasteiger partial charge in [0.1, 0.15) is 0 Å². The van der Waals surface area contributed by atoms with Crippen LogP contribution in [0, 0.1) is 18.8 Å². The van der Waals surface area contributed by atoms with Gasteiger partial charge in [0.25, 0.3) is 0 Å². The zero-order valence-corrected chi connectivity index (χ0v) is 12.6. The van der Waals surface area contributed by atoms with Crippen LogP contribution in [0.2, 0.25) is 0 Å². The quantitative estimate of drug-likeness (QED) is 0.764. The van der Waals surface area contributed by atoms with Crippen LogP contribution in [0.5, 0.6) is 0 Å². The Morgan fingerprint density at radius 2 is 2.11 bits per heavy atom. The summed E-state index contributed by atoms with van der Waals surface area (Å²) in [6.07, 6.45) is 4.00. The molecule has 0 aromatic carbocycles. The molecule has 19 heavy (non-hydrogen) atoms. The molecule has 1 unspecified atom stereocenters. The molecule has 1 heterocycles. The second kappa shape index (κ2) is 8.66. The highest BCUT2D eigenvalue weighted by Crippen LogP contribution is 2.22. The normalized spacial score (nSPS) is 11.8. The van der Waals surface area contributed by atoms with E-state index in [1.54, 1.807) is 0 Å². The smallest absolute Gasteiger partial charge is 0.0676 e. The average molecular weight is 259 g/mol. The van der Waals surface area contributed by atoms with Gasteiger partial charge in [-0.25, -0.2) is 0 Å². The third-order valence-corrected chi connectivity index (χ3v) is 3.11. The number of hydrogen-bond donors (Lipinski definition) is 1. The predicted octanol–water partition coefficient (Wildman–Crippen LogP) is 3.19. The molecular weight excluding hydrogens is 234 g/mol. The lowest BCUT2D eigenvalue weighted by molar-refractivity contribution is 0.498. The van der Waals surface area contributed by atoms with Crippen LogP contribution in [-0.2, 0) is 6.42 Å². The first-order valence-electron chi connectivity index (χ1n) is 7.19. The van der Waals surface area contributed by atoms with Crippen molar-refractivity contribution < 1.29 is 0 Å². The zero-order valence-electron chi connectivity index (χ0n) is 12.6. The van der Waals surface area contributed by atoms with E-state index in [-0.39, 0.29) is 0 Å². The first-order valence-corrected chi connectivity index (χ1v) is 7.19. The minimum Gasteiger partial charge on any atom is -0.310 e. The van der Waals surface area contributed by atoms with Crippen molar-refractivity contribution in [1.82, 2.24) is 15.5 Å². The van der Waals surface area contributed by atoms with Crippen molar-refractivity contribution in [2.24, 2.45) is 0 Å². The fraction of sp³-hybridized carbons (Fsp3) is 0.625. The van der Waals surface area contributed by atoms with Crippen LogP contribution in [-0.4, -0.2) is 16.7 Å². The minimum absolute atomic E-state index is 0.338. The summed E-state index contributed by atoms with van der Waals surface area (Å²) in [5, 5.41) is 12.1. The van der Waals surface area contributed by atoms with Crippen LogP contribution in [0.3, 0.4) is 0 Å². The fourth-order valence-electron chi connectivity index (χ4n) is 2.14. The summed E-state index contributed by atoms with van der Waals surface area (Å²) in [4.78, 5) is 0. The van der Waals surface area contributed by atoms with Gasteiger partial charge < -0.3 is 5.32 Å². The summed E-state index contributed by atoms with van der Waals surface area (Å²) in [5.74, 6) is 6.12. The van der Waals surface area contributed by atoms with Gasteiger partial charge in [-0.15, -0.1) is 11.8 Å². The number of hydrogen-bond acceptors (Lipinski definition) is 3. The highest BCUT2D eigenvalue weighted by molar-refractivity contribution is 5.25. The first kappa shape index (κ1) is 15.7. The lowest BCUT2D eigenvalue weighted by Gasteiger charge is -2.20. The van der Waals surface area contributed by atoms with E-state index in [4.69, 9.17) is 0 Å². The average Bonchev–Trinajstić information content (AvgIpc) is 2.42. The van der Waals surface area contributed by atoms with Gasteiger partial charge in [0.05, 0.1) is 11.4 Å². The van der Waals surface area contributed by atoms with Crippen LogP contribution in [0.1, 0.15) is 63.0 Å². The SMILES string of the molecule is CC#CCCC(NCCC)c1cc(C)nnc1CC. The van der Waals surface area contributed by atoms with Gasteiger partial charge in [0.15, 0.2) is 0 Å². The molecule has 3 heteroatoms. The van der Waals surface area contributed by atoms with E-state index in [0.717, 1.165) is 43.6 Å². The predicted molar refractivity (Wildman–Crippen MR) is 79.9 cm³/mol. The summed E-state index contributed by atoms with van der Waals surface area (Å²) >= 11 is 0. The Morgan fingerprint density at radius 3 is 2.74 bits per heavy atom. The Labute approximate surface area is 117 Å². The Bertz CT molecular complexity index is 443.